The highest BCUT2D eigenvalue weighted by molar-refractivity contribution is 5.99. The van der Waals surface area contributed by atoms with Crippen molar-refractivity contribution >= 4 is 23.5 Å². The molecule has 0 saturated carbocycles. The summed E-state index contributed by atoms with van der Waals surface area (Å²) in [5, 5.41) is 8.04. The summed E-state index contributed by atoms with van der Waals surface area (Å²) in [5.74, 6) is -0.147. The van der Waals surface area contributed by atoms with Crippen LogP contribution in [-0.4, -0.2) is 31.4 Å². The number of rotatable bonds is 9. The summed E-state index contributed by atoms with van der Waals surface area (Å²) in [5.41, 5.74) is 6.31. The summed E-state index contributed by atoms with van der Waals surface area (Å²) in [6.45, 7) is 2.68. The molecule has 0 aliphatic heterocycles. The van der Waals surface area contributed by atoms with Crippen LogP contribution in [0.25, 0.3) is 0 Å². The van der Waals surface area contributed by atoms with Crippen molar-refractivity contribution in [1.82, 2.24) is 10.6 Å². The number of carbonyl (C=O) groups is 3. The van der Waals surface area contributed by atoms with E-state index in [9.17, 15) is 14.4 Å². The van der Waals surface area contributed by atoms with Gasteiger partial charge in [-0.15, -0.1) is 0 Å². The van der Waals surface area contributed by atoms with E-state index in [1.807, 2.05) is 0 Å². The van der Waals surface area contributed by atoms with Gasteiger partial charge in [-0.25, -0.2) is 4.79 Å². The van der Waals surface area contributed by atoms with Crippen LogP contribution in [0.4, 0.5) is 10.5 Å². The average Bonchev–Trinajstić information content (AvgIpc) is 2.72. The first-order chi connectivity index (χ1) is 13.9. The van der Waals surface area contributed by atoms with Crippen LogP contribution in [0.15, 0.2) is 42.5 Å². The minimum Gasteiger partial charge on any atom is -0.457 e. The number of hydrogen-bond acceptors (Lipinski definition) is 4. The molecule has 0 bridgehead atoms. The van der Waals surface area contributed by atoms with Crippen LogP contribution in [0.1, 0.15) is 46.9 Å². The highest BCUT2D eigenvalue weighted by Gasteiger charge is 2.14. The quantitative estimate of drug-likeness (QED) is 0.484. The van der Waals surface area contributed by atoms with Crippen LogP contribution >= 0.6 is 0 Å². The van der Waals surface area contributed by atoms with E-state index in [1.165, 1.54) is 25.2 Å². The molecule has 0 saturated heterocycles. The Labute approximate surface area is 169 Å². The third-order valence-electron chi connectivity index (χ3n) is 4.14. The zero-order valence-electron chi connectivity index (χ0n) is 16.6. The molecular formula is C21H26N4O4. The van der Waals surface area contributed by atoms with Gasteiger partial charge in [0.15, 0.2) is 0 Å². The Morgan fingerprint density at radius 3 is 2.38 bits per heavy atom. The number of unbranched alkanes of at least 4 members (excludes halogenated alkanes) is 2. The fraction of sp³-hybridized carbons (Fsp3) is 0.286. The van der Waals surface area contributed by atoms with Crippen molar-refractivity contribution in [3.63, 3.8) is 0 Å². The van der Waals surface area contributed by atoms with Gasteiger partial charge >= 0.3 is 6.03 Å². The molecular weight excluding hydrogens is 372 g/mol. The molecule has 0 spiro atoms. The molecule has 2 aromatic rings. The normalized spacial score (nSPS) is 10.1. The molecule has 8 heteroatoms. The monoisotopic (exact) mass is 398 g/mol. The molecule has 0 radical (unpaired) electrons. The standard InChI is InChI=1S/C21H26N4O4/c1-3-4-5-12-24-21(28)25-15-8-11-18(17(13-15)20(27)23-2)29-16-9-6-14(7-10-16)19(22)26/h6-11,13H,3-5,12H2,1-2H3,(H2,22,26)(H,23,27)(H2,24,25,28). The summed E-state index contributed by atoms with van der Waals surface area (Å²) in [4.78, 5) is 35.4. The number of primary amides is 1. The van der Waals surface area contributed by atoms with Crippen molar-refractivity contribution in [2.24, 2.45) is 5.73 Å². The lowest BCUT2D eigenvalue weighted by molar-refractivity contribution is 0.0959. The van der Waals surface area contributed by atoms with Crippen LogP contribution in [0.3, 0.4) is 0 Å². The molecule has 0 atom stereocenters. The number of urea groups is 1. The Bertz CT molecular complexity index is 865. The van der Waals surface area contributed by atoms with Gasteiger partial charge < -0.3 is 26.4 Å². The number of nitrogens with two attached hydrogens (primary N) is 1. The summed E-state index contributed by atoms with van der Waals surface area (Å²) in [7, 11) is 1.51. The predicted molar refractivity (Wildman–Crippen MR) is 111 cm³/mol. The molecule has 0 aliphatic carbocycles. The zero-order valence-corrected chi connectivity index (χ0v) is 16.6. The first-order valence-electron chi connectivity index (χ1n) is 9.43. The van der Waals surface area contributed by atoms with Gasteiger partial charge in [0.25, 0.3) is 5.91 Å². The van der Waals surface area contributed by atoms with Crippen molar-refractivity contribution in [3.05, 3.63) is 53.6 Å². The van der Waals surface area contributed by atoms with Gasteiger partial charge in [-0.1, -0.05) is 19.8 Å². The minimum absolute atomic E-state index is 0.260. The summed E-state index contributed by atoms with van der Waals surface area (Å²) in [6, 6.07) is 10.7. The molecule has 0 fully saturated rings. The van der Waals surface area contributed by atoms with E-state index in [-0.39, 0.29) is 17.5 Å². The van der Waals surface area contributed by atoms with E-state index in [2.05, 4.69) is 22.9 Å². The van der Waals surface area contributed by atoms with Crippen molar-refractivity contribution < 1.29 is 19.1 Å². The Morgan fingerprint density at radius 2 is 1.76 bits per heavy atom. The first-order valence-corrected chi connectivity index (χ1v) is 9.43. The van der Waals surface area contributed by atoms with E-state index in [1.54, 1.807) is 24.3 Å². The molecule has 2 rings (SSSR count). The maximum absolute atomic E-state index is 12.3. The molecule has 0 aliphatic rings. The largest absolute Gasteiger partial charge is 0.457 e. The average molecular weight is 398 g/mol. The van der Waals surface area contributed by atoms with Gasteiger partial charge in [-0.05, 0) is 48.9 Å². The summed E-state index contributed by atoms with van der Waals surface area (Å²) < 4.78 is 5.78. The van der Waals surface area contributed by atoms with Gasteiger partial charge in [-0.2, -0.15) is 0 Å². The van der Waals surface area contributed by atoms with Gasteiger partial charge in [0.1, 0.15) is 11.5 Å². The third-order valence-corrected chi connectivity index (χ3v) is 4.14. The van der Waals surface area contributed by atoms with Crippen molar-refractivity contribution in [3.8, 4) is 11.5 Å². The lowest BCUT2D eigenvalue weighted by Crippen LogP contribution is -2.29. The lowest BCUT2D eigenvalue weighted by atomic mass is 10.1. The van der Waals surface area contributed by atoms with Crippen LogP contribution < -0.4 is 26.4 Å². The number of hydrogen-bond donors (Lipinski definition) is 4. The van der Waals surface area contributed by atoms with E-state index in [0.29, 0.717) is 29.3 Å². The van der Waals surface area contributed by atoms with Crippen LogP contribution in [0.5, 0.6) is 11.5 Å². The molecule has 29 heavy (non-hydrogen) atoms. The minimum atomic E-state index is -0.536. The summed E-state index contributed by atoms with van der Waals surface area (Å²) in [6.07, 6.45) is 3.04. The lowest BCUT2D eigenvalue weighted by Gasteiger charge is -2.13. The highest BCUT2D eigenvalue weighted by atomic mass is 16.5. The van der Waals surface area contributed by atoms with Crippen LogP contribution in [0.2, 0.25) is 0 Å². The number of carbonyl (C=O) groups excluding carboxylic acids is 3. The smallest absolute Gasteiger partial charge is 0.319 e. The fourth-order valence-corrected chi connectivity index (χ4v) is 2.58. The molecule has 0 aromatic heterocycles. The number of ether oxygens (including phenoxy) is 1. The highest BCUT2D eigenvalue weighted by Crippen LogP contribution is 2.28. The van der Waals surface area contributed by atoms with E-state index in [0.717, 1.165) is 19.3 Å². The first kappa shape index (κ1) is 21.7. The number of benzene rings is 2. The SMILES string of the molecule is CCCCCNC(=O)Nc1ccc(Oc2ccc(C(N)=O)cc2)c(C(=O)NC)c1. The molecule has 5 N–H and O–H groups in total. The Balaban J connectivity index is 2.13. The number of amides is 4. The maximum Gasteiger partial charge on any atom is 0.319 e. The topological polar surface area (TPSA) is 123 Å². The predicted octanol–water partition coefficient (Wildman–Crippen LogP) is 3.25. The van der Waals surface area contributed by atoms with E-state index >= 15 is 0 Å². The van der Waals surface area contributed by atoms with E-state index < -0.39 is 5.91 Å². The Morgan fingerprint density at radius 1 is 1.03 bits per heavy atom. The molecule has 0 unspecified atom stereocenters. The van der Waals surface area contributed by atoms with Gasteiger partial charge in [0.05, 0.1) is 5.56 Å². The third kappa shape index (κ3) is 6.53. The summed E-state index contributed by atoms with van der Waals surface area (Å²) >= 11 is 0. The van der Waals surface area contributed by atoms with Gasteiger partial charge in [0.2, 0.25) is 5.91 Å². The van der Waals surface area contributed by atoms with E-state index in [4.69, 9.17) is 10.5 Å². The van der Waals surface area contributed by atoms with Crippen LogP contribution in [0, 0.1) is 0 Å². The van der Waals surface area contributed by atoms with Crippen LogP contribution in [-0.2, 0) is 0 Å². The zero-order chi connectivity index (χ0) is 21.2. The van der Waals surface area contributed by atoms with Crippen molar-refractivity contribution in [2.45, 2.75) is 26.2 Å². The Hall–Kier alpha value is -3.55. The molecule has 0 heterocycles. The maximum atomic E-state index is 12.3. The van der Waals surface area contributed by atoms with Crippen molar-refractivity contribution in [1.29, 1.82) is 0 Å². The van der Waals surface area contributed by atoms with Gasteiger partial charge in [-0.3, -0.25) is 9.59 Å². The fourth-order valence-electron chi connectivity index (χ4n) is 2.58. The molecule has 154 valence electrons. The molecule has 8 nitrogen and oxygen atoms in total. The second-order valence-electron chi connectivity index (χ2n) is 6.37. The molecule has 4 amide bonds. The number of nitrogens with one attached hydrogen (secondary N) is 3. The second kappa shape index (κ2) is 10.7. The molecule has 2 aromatic carbocycles. The Kier molecular flexibility index (Phi) is 8.02. The second-order valence-corrected chi connectivity index (χ2v) is 6.37. The number of anilines is 1. The van der Waals surface area contributed by atoms with Gasteiger partial charge in [0, 0.05) is 24.8 Å². The van der Waals surface area contributed by atoms with Crippen molar-refractivity contribution in [2.75, 3.05) is 18.9 Å².